The van der Waals surface area contributed by atoms with Gasteiger partial charge in [-0.2, -0.15) is 0 Å². The van der Waals surface area contributed by atoms with E-state index in [2.05, 4.69) is 12.1 Å². The minimum absolute atomic E-state index is 0.0383. The van der Waals surface area contributed by atoms with Crippen LogP contribution in [0.4, 0.5) is 0 Å². The van der Waals surface area contributed by atoms with Crippen LogP contribution in [0.5, 0.6) is 11.5 Å². The van der Waals surface area contributed by atoms with Gasteiger partial charge in [0.25, 0.3) is 0 Å². The van der Waals surface area contributed by atoms with E-state index in [0.717, 1.165) is 30.8 Å². The average molecular weight is 341 g/mol. The van der Waals surface area contributed by atoms with Gasteiger partial charge in [0.05, 0.1) is 6.61 Å². The summed E-state index contributed by atoms with van der Waals surface area (Å²) in [6.07, 6.45) is 2.70. The molecule has 134 valence electrons. The highest BCUT2D eigenvalue weighted by molar-refractivity contribution is 5.31. The lowest BCUT2D eigenvalue weighted by Crippen LogP contribution is -2.40. The van der Waals surface area contributed by atoms with Crippen LogP contribution in [0.2, 0.25) is 0 Å². The SMILES string of the molecule is C[C@@H](COc1ccccc1)Oc1ccc([C@@H]2CC[C@](N)(CO)C2)cc1. The number of aliphatic hydroxyl groups excluding tert-OH is 1. The molecule has 0 bridgehead atoms. The lowest BCUT2D eigenvalue weighted by molar-refractivity contribution is 0.143. The van der Waals surface area contributed by atoms with E-state index in [1.165, 1.54) is 5.56 Å². The van der Waals surface area contributed by atoms with Crippen molar-refractivity contribution in [2.24, 2.45) is 5.73 Å². The molecule has 0 unspecified atom stereocenters. The van der Waals surface area contributed by atoms with Gasteiger partial charge in [0.15, 0.2) is 0 Å². The van der Waals surface area contributed by atoms with E-state index in [1.54, 1.807) is 0 Å². The predicted molar refractivity (Wildman–Crippen MR) is 99.1 cm³/mol. The fraction of sp³-hybridized carbons (Fsp3) is 0.429. The van der Waals surface area contributed by atoms with Crippen LogP contribution in [-0.2, 0) is 0 Å². The molecule has 0 amide bonds. The van der Waals surface area contributed by atoms with Gasteiger partial charge < -0.3 is 20.3 Å². The molecule has 2 aromatic rings. The summed E-state index contributed by atoms with van der Waals surface area (Å²) in [4.78, 5) is 0. The summed E-state index contributed by atoms with van der Waals surface area (Å²) in [5.41, 5.74) is 7.03. The molecule has 25 heavy (non-hydrogen) atoms. The van der Waals surface area contributed by atoms with Crippen LogP contribution in [0.3, 0.4) is 0 Å². The van der Waals surface area contributed by atoms with E-state index in [-0.39, 0.29) is 12.7 Å². The summed E-state index contributed by atoms with van der Waals surface area (Å²) in [6.45, 7) is 2.56. The van der Waals surface area contributed by atoms with Gasteiger partial charge in [-0.3, -0.25) is 0 Å². The molecule has 1 fully saturated rings. The van der Waals surface area contributed by atoms with Gasteiger partial charge in [-0.15, -0.1) is 0 Å². The zero-order chi connectivity index (χ0) is 17.7. The third kappa shape index (κ3) is 4.74. The van der Waals surface area contributed by atoms with Crippen LogP contribution in [-0.4, -0.2) is 30.0 Å². The van der Waals surface area contributed by atoms with Crippen molar-refractivity contribution < 1.29 is 14.6 Å². The predicted octanol–water partition coefficient (Wildman–Crippen LogP) is 3.49. The summed E-state index contributed by atoms with van der Waals surface area (Å²) < 4.78 is 11.6. The van der Waals surface area contributed by atoms with Crippen LogP contribution in [0, 0.1) is 0 Å². The molecule has 0 spiro atoms. The lowest BCUT2D eigenvalue weighted by atomic mass is 9.94. The van der Waals surface area contributed by atoms with Gasteiger partial charge >= 0.3 is 0 Å². The smallest absolute Gasteiger partial charge is 0.130 e. The Morgan fingerprint density at radius 1 is 1.12 bits per heavy atom. The number of hydrogen-bond acceptors (Lipinski definition) is 4. The molecule has 1 aliphatic carbocycles. The van der Waals surface area contributed by atoms with E-state index in [4.69, 9.17) is 15.2 Å². The number of nitrogens with two attached hydrogens (primary N) is 1. The number of benzene rings is 2. The van der Waals surface area contributed by atoms with Crippen LogP contribution >= 0.6 is 0 Å². The molecule has 1 aliphatic rings. The number of ether oxygens (including phenoxy) is 2. The first kappa shape index (κ1) is 17.8. The summed E-state index contributed by atoms with van der Waals surface area (Å²) in [5.74, 6) is 2.11. The van der Waals surface area contributed by atoms with Crippen molar-refractivity contribution in [3.63, 3.8) is 0 Å². The molecule has 0 saturated heterocycles. The Bertz CT molecular complexity index is 659. The fourth-order valence-corrected chi connectivity index (χ4v) is 3.40. The van der Waals surface area contributed by atoms with Crippen molar-refractivity contribution in [3.8, 4) is 11.5 Å². The maximum Gasteiger partial charge on any atom is 0.130 e. The molecule has 3 atom stereocenters. The molecule has 1 saturated carbocycles. The minimum Gasteiger partial charge on any atom is -0.490 e. The second-order valence-electron chi connectivity index (χ2n) is 7.08. The highest BCUT2D eigenvalue weighted by atomic mass is 16.5. The van der Waals surface area contributed by atoms with Gasteiger partial charge in [0.1, 0.15) is 24.2 Å². The van der Waals surface area contributed by atoms with Crippen molar-refractivity contribution in [1.29, 1.82) is 0 Å². The highest BCUT2D eigenvalue weighted by Crippen LogP contribution is 2.39. The fourth-order valence-electron chi connectivity index (χ4n) is 3.40. The maximum absolute atomic E-state index is 9.41. The number of para-hydroxylation sites is 1. The van der Waals surface area contributed by atoms with E-state index in [9.17, 15) is 5.11 Å². The average Bonchev–Trinajstić information content (AvgIpc) is 3.04. The maximum atomic E-state index is 9.41. The van der Waals surface area contributed by atoms with Crippen molar-refractivity contribution in [1.82, 2.24) is 0 Å². The second kappa shape index (κ2) is 7.89. The first-order valence-electron chi connectivity index (χ1n) is 8.92. The third-order valence-electron chi connectivity index (χ3n) is 4.88. The topological polar surface area (TPSA) is 64.7 Å². The molecule has 2 aromatic carbocycles. The third-order valence-corrected chi connectivity index (χ3v) is 4.88. The summed E-state index contributed by atoms with van der Waals surface area (Å²) in [6, 6.07) is 18.0. The number of rotatable bonds is 7. The normalized spacial score (nSPS) is 24.0. The van der Waals surface area contributed by atoms with E-state index in [1.807, 2.05) is 49.4 Å². The molecular weight excluding hydrogens is 314 g/mol. The zero-order valence-electron chi connectivity index (χ0n) is 14.7. The zero-order valence-corrected chi connectivity index (χ0v) is 14.7. The monoisotopic (exact) mass is 341 g/mol. The summed E-state index contributed by atoms with van der Waals surface area (Å²) in [7, 11) is 0. The van der Waals surface area contributed by atoms with Crippen LogP contribution in [0.1, 0.15) is 37.7 Å². The first-order chi connectivity index (χ1) is 12.1. The number of aliphatic hydroxyl groups is 1. The lowest BCUT2D eigenvalue weighted by Gasteiger charge is -2.21. The quantitative estimate of drug-likeness (QED) is 0.809. The molecule has 0 radical (unpaired) electrons. The molecule has 4 nitrogen and oxygen atoms in total. The Balaban J connectivity index is 1.50. The number of hydrogen-bond donors (Lipinski definition) is 2. The molecule has 3 rings (SSSR count). The van der Waals surface area contributed by atoms with Gasteiger partial charge in [0, 0.05) is 5.54 Å². The van der Waals surface area contributed by atoms with Crippen LogP contribution in [0.25, 0.3) is 0 Å². The summed E-state index contributed by atoms with van der Waals surface area (Å²) >= 11 is 0. The minimum atomic E-state index is -0.414. The van der Waals surface area contributed by atoms with E-state index in [0.29, 0.717) is 12.5 Å². The molecule has 0 aliphatic heterocycles. The molecule has 0 heterocycles. The van der Waals surface area contributed by atoms with Gasteiger partial charge in [0.2, 0.25) is 0 Å². The van der Waals surface area contributed by atoms with Crippen molar-refractivity contribution in [3.05, 3.63) is 60.2 Å². The van der Waals surface area contributed by atoms with Gasteiger partial charge in [-0.05, 0) is 61.9 Å². The van der Waals surface area contributed by atoms with Gasteiger partial charge in [-0.1, -0.05) is 30.3 Å². The standard InChI is InChI=1S/C21H27NO3/c1-16(14-24-19-5-3-2-4-6-19)25-20-9-7-17(8-10-20)18-11-12-21(22,13-18)15-23/h2-10,16,18,23H,11-15,22H2,1H3/t16-,18+,21+/m0/s1. The van der Waals surface area contributed by atoms with Crippen LogP contribution < -0.4 is 15.2 Å². The van der Waals surface area contributed by atoms with Crippen molar-refractivity contribution in [2.45, 2.75) is 43.7 Å². The Morgan fingerprint density at radius 3 is 2.48 bits per heavy atom. The Kier molecular flexibility index (Phi) is 5.61. The van der Waals surface area contributed by atoms with Gasteiger partial charge in [-0.25, -0.2) is 0 Å². The Hall–Kier alpha value is -2.04. The van der Waals surface area contributed by atoms with Crippen molar-refractivity contribution >= 4 is 0 Å². The summed E-state index contributed by atoms with van der Waals surface area (Å²) in [5, 5.41) is 9.41. The first-order valence-corrected chi connectivity index (χ1v) is 8.92. The van der Waals surface area contributed by atoms with Crippen LogP contribution in [0.15, 0.2) is 54.6 Å². The molecule has 0 aromatic heterocycles. The van der Waals surface area contributed by atoms with Crippen molar-refractivity contribution in [2.75, 3.05) is 13.2 Å². The Labute approximate surface area is 149 Å². The molecular formula is C21H27NO3. The Morgan fingerprint density at radius 2 is 1.84 bits per heavy atom. The molecule has 3 N–H and O–H groups in total. The molecule has 4 heteroatoms. The second-order valence-corrected chi connectivity index (χ2v) is 7.08. The highest BCUT2D eigenvalue weighted by Gasteiger charge is 2.35. The van der Waals surface area contributed by atoms with E-state index < -0.39 is 5.54 Å². The largest absolute Gasteiger partial charge is 0.490 e. The van der Waals surface area contributed by atoms with E-state index >= 15 is 0 Å².